The van der Waals surface area contributed by atoms with Crippen molar-refractivity contribution in [3.05, 3.63) is 35.9 Å². The number of nitrogens with one attached hydrogen (secondary N) is 2. The van der Waals surface area contributed by atoms with Crippen LogP contribution in [0.4, 0.5) is 0 Å². The highest BCUT2D eigenvalue weighted by Gasteiger charge is 2.28. The number of benzene rings is 1. The fourth-order valence-electron chi connectivity index (χ4n) is 2.34. The Hall–Kier alpha value is -0.910. The maximum Gasteiger partial charge on any atom is 0.215 e. The Bertz CT molecular complexity index is 493. The summed E-state index contributed by atoms with van der Waals surface area (Å²) in [6.07, 6.45) is 2.03. The third-order valence-electron chi connectivity index (χ3n) is 3.73. The first kappa shape index (κ1) is 14.5. The molecule has 2 rings (SSSR count). The van der Waals surface area contributed by atoms with E-state index in [2.05, 4.69) is 17.0 Å². The van der Waals surface area contributed by atoms with E-state index in [1.54, 1.807) is 0 Å². The Balaban J connectivity index is 1.91. The van der Waals surface area contributed by atoms with Crippen LogP contribution in [0.25, 0.3) is 0 Å². The van der Waals surface area contributed by atoms with Gasteiger partial charge in [-0.25, -0.2) is 13.1 Å². The molecule has 0 saturated carbocycles. The Morgan fingerprint density at radius 2 is 1.84 bits per heavy atom. The topological polar surface area (TPSA) is 58.2 Å². The standard InChI is InChI=1S/C14H22N2O2S/c1-14(7-9-15-10-8-14)12-16-19(17,18)11-13-5-3-2-4-6-13/h2-6,15-16H,7-12H2,1H3. The van der Waals surface area contributed by atoms with Gasteiger partial charge in [-0.15, -0.1) is 0 Å². The maximum absolute atomic E-state index is 12.1. The molecule has 1 heterocycles. The summed E-state index contributed by atoms with van der Waals surface area (Å²) in [7, 11) is -3.24. The van der Waals surface area contributed by atoms with E-state index in [9.17, 15) is 8.42 Å². The molecule has 0 spiro atoms. The van der Waals surface area contributed by atoms with Crippen molar-refractivity contribution >= 4 is 10.0 Å². The van der Waals surface area contributed by atoms with Crippen LogP contribution in [0.15, 0.2) is 30.3 Å². The van der Waals surface area contributed by atoms with E-state index in [0.717, 1.165) is 31.5 Å². The summed E-state index contributed by atoms with van der Waals surface area (Å²) in [5, 5.41) is 3.30. The van der Waals surface area contributed by atoms with E-state index in [0.29, 0.717) is 6.54 Å². The number of hydrogen-bond acceptors (Lipinski definition) is 3. The second-order valence-electron chi connectivity index (χ2n) is 5.63. The smallest absolute Gasteiger partial charge is 0.215 e. The van der Waals surface area contributed by atoms with Crippen LogP contribution in [-0.4, -0.2) is 28.1 Å². The molecule has 0 radical (unpaired) electrons. The van der Waals surface area contributed by atoms with Crippen molar-refractivity contribution in [3.63, 3.8) is 0 Å². The molecule has 1 aromatic carbocycles. The van der Waals surface area contributed by atoms with Gasteiger partial charge in [0.05, 0.1) is 5.75 Å². The van der Waals surface area contributed by atoms with Gasteiger partial charge in [0.15, 0.2) is 0 Å². The fourth-order valence-corrected chi connectivity index (χ4v) is 3.64. The molecule has 1 aliphatic rings. The number of sulfonamides is 1. The molecule has 0 bridgehead atoms. The van der Waals surface area contributed by atoms with Crippen molar-refractivity contribution in [1.29, 1.82) is 0 Å². The number of rotatable bonds is 5. The zero-order valence-electron chi connectivity index (χ0n) is 11.4. The monoisotopic (exact) mass is 282 g/mol. The van der Waals surface area contributed by atoms with E-state index < -0.39 is 10.0 Å². The molecule has 1 aromatic rings. The zero-order chi connectivity index (χ0) is 13.8. The molecule has 0 amide bonds. The summed E-state index contributed by atoms with van der Waals surface area (Å²) < 4.78 is 26.9. The van der Waals surface area contributed by atoms with E-state index >= 15 is 0 Å². The van der Waals surface area contributed by atoms with Crippen LogP contribution in [0.5, 0.6) is 0 Å². The van der Waals surface area contributed by atoms with Crippen LogP contribution in [0.1, 0.15) is 25.3 Å². The molecular weight excluding hydrogens is 260 g/mol. The van der Waals surface area contributed by atoms with Crippen LogP contribution in [0.3, 0.4) is 0 Å². The molecule has 19 heavy (non-hydrogen) atoms. The molecule has 106 valence electrons. The predicted molar refractivity (Wildman–Crippen MR) is 77.3 cm³/mol. The molecule has 1 saturated heterocycles. The maximum atomic E-state index is 12.1. The first-order valence-electron chi connectivity index (χ1n) is 6.71. The van der Waals surface area contributed by atoms with E-state index in [-0.39, 0.29) is 11.2 Å². The van der Waals surface area contributed by atoms with Gasteiger partial charge in [-0.3, -0.25) is 0 Å². The van der Waals surface area contributed by atoms with Gasteiger partial charge in [-0.05, 0) is 36.9 Å². The summed E-state index contributed by atoms with van der Waals surface area (Å²) >= 11 is 0. The summed E-state index contributed by atoms with van der Waals surface area (Å²) in [5.41, 5.74) is 0.903. The molecule has 1 aliphatic heterocycles. The lowest BCUT2D eigenvalue weighted by atomic mass is 9.81. The largest absolute Gasteiger partial charge is 0.317 e. The van der Waals surface area contributed by atoms with Crippen molar-refractivity contribution in [3.8, 4) is 0 Å². The fraction of sp³-hybridized carbons (Fsp3) is 0.571. The van der Waals surface area contributed by atoms with E-state index in [1.165, 1.54) is 0 Å². The van der Waals surface area contributed by atoms with Crippen molar-refractivity contribution in [2.24, 2.45) is 5.41 Å². The van der Waals surface area contributed by atoms with E-state index in [4.69, 9.17) is 0 Å². The van der Waals surface area contributed by atoms with Gasteiger partial charge in [0.25, 0.3) is 0 Å². The van der Waals surface area contributed by atoms with Crippen molar-refractivity contribution < 1.29 is 8.42 Å². The van der Waals surface area contributed by atoms with Crippen LogP contribution in [0.2, 0.25) is 0 Å². The Labute approximate surface area is 115 Å². The average Bonchev–Trinajstić information content (AvgIpc) is 2.38. The molecule has 2 N–H and O–H groups in total. The van der Waals surface area contributed by atoms with Gasteiger partial charge in [0.1, 0.15) is 0 Å². The molecule has 0 aromatic heterocycles. The second-order valence-corrected chi connectivity index (χ2v) is 7.43. The first-order chi connectivity index (χ1) is 8.99. The zero-order valence-corrected chi connectivity index (χ0v) is 12.2. The molecule has 1 fully saturated rings. The highest BCUT2D eigenvalue weighted by molar-refractivity contribution is 7.88. The molecule has 5 heteroatoms. The Morgan fingerprint density at radius 3 is 2.47 bits per heavy atom. The third kappa shape index (κ3) is 4.60. The van der Waals surface area contributed by atoms with Crippen LogP contribution in [0, 0.1) is 5.41 Å². The second kappa shape index (κ2) is 6.03. The summed E-state index contributed by atoms with van der Waals surface area (Å²) in [6.45, 7) is 4.62. The first-order valence-corrected chi connectivity index (χ1v) is 8.36. The van der Waals surface area contributed by atoms with Gasteiger partial charge in [0, 0.05) is 6.54 Å². The minimum Gasteiger partial charge on any atom is -0.317 e. The van der Waals surface area contributed by atoms with Gasteiger partial charge in [0.2, 0.25) is 10.0 Å². The number of hydrogen-bond donors (Lipinski definition) is 2. The molecular formula is C14H22N2O2S. The lowest BCUT2D eigenvalue weighted by Gasteiger charge is -2.34. The van der Waals surface area contributed by atoms with Crippen molar-refractivity contribution in [2.75, 3.05) is 19.6 Å². The van der Waals surface area contributed by atoms with Crippen LogP contribution < -0.4 is 10.0 Å². The van der Waals surface area contributed by atoms with Crippen molar-refractivity contribution in [2.45, 2.75) is 25.5 Å². The molecule has 0 aliphatic carbocycles. The SMILES string of the molecule is CC1(CNS(=O)(=O)Cc2ccccc2)CCNCC1. The van der Waals surface area contributed by atoms with Crippen LogP contribution in [-0.2, 0) is 15.8 Å². The average molecular weight is 282 g/mol. The minimum absolute atomic E-state index is 0.0577. The molecule has 4 nitrogen and oxygen atoms in total. The highest BCUT2D eigenvalue weighted by atomic mass is 32.2. The van der Waals surface area contributed by atoms with E-state index in [1.807, 2.05) is 30.3 Å². The third-order valence-corrected chi connectivity index (χ3v) is 5.03. The van der Waals surface area contributed by atoms with Crippen LogP contribution >= 0.6 is 0 Å². The van der Waals surface area contributed by atoms with Gasteiger partial charge >= 0.3 is 0 Å². The Kier molecular flexibility index (Phi) is 4.60. The number of piperidine rings is 1. The quantitative estimate of drug-likeness (QED) is 0.860. The summed E-state index contributed by atoms with van der Waals surface area (Å²) in [6, 6.07) is 9.29. The molecule has 0 unspecified atom stereocenters. The Morgan fingerprint density at radius 1 is 1.21 bits per heavy atom. The normalized spacial score (nSPS) is 19.2. The lowest BCUT2D eigenvalue weighted by Crippen LogP contribution is -2.43. The highest BCUT2D eigenvalue weighted by Crippen LogP contribution is 2.27. The van der Waals surface area contributed by atoms with Crippen molar-refractivity contribution in [1.82, 2.24) is 10.0 Å². The summed E-state index contributed by atoms with van der Waals surface area (Å²) in [5.74, 6) is 0.0577. The van der Waals surface area contributed by atoms with Gasteiger partial charge < -0.3 is 5.32 Å². The van der Waals surface area contributed by atoms with Gasteiger partial charge in [-0.2, -0.15) is 0 Å². The molecule has 0 atom stereocenters. The predicted octanol–water partition coefficient (Wildman–Crippen LogP) is 1.50. The van der Waals surface area contributed by atoms with Gasteiger partial charge in [-0.1, -0.05) is 37.3 Å². The summed E-state index contributed by atoms with van der Waals surface area (Å²) in [4.78, 5) is 0. The minimum atomic E-state index is -3.24. The lowest BCUT2D eigenvalue weighted by molar-refractivity contribution is 0.232.